The molecule has 0 atom stereocenters. The van der Waals surface area contributed by atoms with Gasteiger partial charge in [0.15, 0.2) is 0 Å². The van der Waals surface area contributed by atoms with Gasteiger partial charge in [-0.05, 0) is 17.2 Å². The van der Waals surface area contributed by atoms with Crippen LogP contribution in [0.25, 0.3) is 0 Å². The third-order valence-electron chi connectivity index (χ3n) is 2.77. The molecule has 0 saturated heterocycles. The fourth-order valence-corrected chi connectivity index (χ4v) is 1.87. The molecule has 0 radical (unpaired) electrons. The Kier molecular flexibility index (Phi) is 4.18. The Morgan fingerprint density at radius 3 is 2.47 bits per heavy atom. The van der Waals surface area contributed by atoms with E-state index in [1.807, 2.05) is 42.5 Å². The molecule has 0 aliphatic heterocycles. The van der Waals surface area contributed by atoms with Crippen molar-refractivity contribution in [2.75, 3.05) is 7.11 Å². The van der Waals surface area contributed by atoms with E-state index >= 15 is 0 Å². The van der Waals surface area contributed by atoms with E-state index in [-0.39, 0.29) is 5.97 Å². The molecule has 3 heteroatoms. The molecule has 3 nitrogen and oxygen atoms in total. The summed E-state index contributed by atoms with van der Waals surface area (Å²) in [6.45, 7) is 1.39. The fourth-order valence-electron chi connectivity index (χ4n) is 1.87. The first kappa shape index (κ1) is 13.1. The van der Waals surface area contributed by atoms with E-state index in [0.717, 1.165) is 5.56 Å². The highest BCUT2D eigenvalue weighted by molar-refractivity contribution is 5.70. The number of carbonyl (C=O) groups is 1. The van der Waals surface area contributed by atoms with E-state index in [1.54, 1.807) is 13.2 Å². The molecule has 0 heterocycles. The van der Waals surface area contributed by atoms with Crippen LogP contribution in [0.2, 0.25) is 0 Å². The van der Waals surface area contributed by atoms with E-state index in [0.29, 0.717) is 17.9 Å². The topological polar surface area (TPSA) is 35.5 Å². The number of esters is 1. The predicted molar refractivity (Wildman–Crippen MR) is 73.6 cm³/mol. The summed E-state index contributed by atoms with van der Waals surface area (Å²) in [4.78, 5) is 11.2. The lowest BCUT2D eigenvalue weighted by Crippen LogP contribution is -2.04. The second kappa shape index (κ2) is 6.05. The van der Waals surface area contributed by atoms with E-state index in [1.165, 1.54) is 12.5 Å². The van der Waals surface area contributed by atoms with Crippen molar-refractivity contribution in [3.8, 4) is 11.5 Å². The van der Waals surface area contributed by atoms with E-state index in [4.69, 9.17) is 9.47 Å². The molecule has 0 bridgehead atoms. The van der Waals surface area contributed by atoms with Crippen LogP contribution in [-0.2, 0) is 11.2 Å². The van der Waals surface area contributed by atoms with Gasteiger partial charge in [0.2, 0.25) is 0 Å². The van der Waals surface area contributed by atoms with Crippen LogP contribution in [0.5, 0.6) is 11.5 Å². The van der Waals surface area contributed by atoms with Crippen molar-refractivity contribution in [3.63, 3.8) is 0 Å². The maximum Gasteiger partial charge on any atom is 0.308 e. The van der Waals surface area contributed by atoms with Crippen LogP contribution in [-0.4, -0.2) is 13.1 Å². The van der Waals surface area contributed by atoms with Crippen LogP contribution < -0.4 is 9.47 Å². The van der Waals surface area contributed by atoms with Crippen LogP contribution in [0.4, 0.5) is 0 Å². The van der Waals surface area contributed by atoms with Crippen molar-refractivity contribution >= 4 is 5.97 Å². The molecule has 0 aliphatic carbocycles. The number of carbonyl (C=O) groups excluding carboxylic acids is 1. The summed E-state index contributed by atoms with van der Waals surface area (Å²) in [6, 6.07) is 15.6. The van der Waals surface area contributed by atoms with Crippen LogP contribution in [0.3, 0.4) is 0 Å². The van der Waals surface area contributed by atoms with Gasteiger partial charge >= 0.3 is 5.97 Å². The zero-order valence-corrected chi connectivity index (χ0v) is 11.1. The second-order valence-corrected chi connectivity index (χ2v) is 4.23. The SMILES string of the molecule is COc1ccc(Cc2ccccc2)c(OC(C)=O)c1. The van der Waals surface area contributed by atoms with Gasteiger partial charge in [0.05, 0.1) is 7.11 Å². The van der Waals surface area contributed by atoms with Gasteiger partial charge in [-0.1, -0.05) is 36.4 Å². The third kappa shape index (κ3) is 3.58. The molecule has 0 spiro atoms. The second-order valence-electron chi connectivity index (χ2n) is 4.23. The molecule has 0 fully saturated rings. The van der Waals surface area contributed by atoms with Crippen molar-refractivity contribution in [1.82, 2.24) is 0 Å². The Balaban J connectivity index is 2.30. The average Bonchev–Trinajstić information content (AvgIpc) is 2.41. The standard InChI is InChI=1S/C16H16O3/c1-12(17)19-16-11-15(18-2)9-8-14(16)10-13-6-4-3-5-7-13/h3-9,11H,10H2,1-2H3. The molecule has 2 aromatic carbocycles. The quantitative estimate of drug-likeness (QED) is 0.622. The van der Waals surface area contributed by atoms with Gasteiger partial charge in [-0.3, -0.25) is 4.79 Å². The van der Waals surface area contributed by atoms with Crippen LogP contribution in [0.15, 0.2) is 48.5 Å². The number of benzene rings is 2. The molecule has 2 aromatic rings. The predicted octanol–water partition coefficient (Wildman–Crippen LogP) is 3.21. The summed E-state index contributed by atoms with van der Waals surface area (Å²) in [6.07, 6.45) is 0.716. The first-order chi connectivity index (χ1) is 9.19. The molecule has 98 valence electrons. The highest BCUT2D eigenvalue weighted by Crippen LogP contribution is 2.27. The molecular formula is C16H16O3. The molecule has 0 aromatic heterocycles. The molecule has 0 unspecified atom stereocenters. The summed E-state index contributed by atoms with van der Waals surface area (Å²) >= 11 is 0. The van der Waals surface area contributed by atoms with Gasteiger partial charge < -0.3 is 9.47 Å². The van der Waals surface area contributed by atoms with Gasteiger partial charge in [0.1, 0.15) is 11.5 Å². The minimum Gasteiger partial charge on any atom is -0.497 e. The number of rotatable bonds is 4. The lowest BCUT2D eigenvalue weighted by Gasteiger charge is -2.11. The summed E-state index contributed by atoms with van der Waals surface area (Å²) in [5.41, 5.74) is 2.13. The zero-order valence-electron chi connectivity index (χ0n) is 11.1. The van der Waals surface area contributed by atoms with E-state index in [2.05, 4.69) is 0 Å². The molecule has 2 rings (SSSR count). The smallest absolute Gasteiger partial charge is 0.308 e. The highest BCUT2D eigenvalue weighted by atomic mass is 16.5. The van der Waals surface area contributed by atoms with Crippen LogP contribution >= 0.6 is 0 Å². The minimum atomic E-state index is -0.331. The van der Waals surface area contributed by atoms with Crippen LogP contribution in [0, 0.1) is 0 Å². The lowest BCUT2D eigenvalue weighted by molar-refractivity contribution is -0.131. The van der Waals surface area contributed by atoms with Gasteiger partial charge in [-0.25, -0.2) is 0 Å². The summed E-state index contributed by atoms with van der Waals surface area (Å²) in [5, 5.41) is 0. The number of ether oxygens (including phenoxy) is 2. The van der Waals surface area contributed by atoms with Crippen molar-refractivity contribution in [2.24, 2.45) is 0 Å². The minimum absolute atomic E-state index is 0.331. The lowest BCUT2D eigenvalue weighted by atomic mass is 10.0. The van der Waals surface area contributed by atoms with Crippen molar-refractivity contribution in [2.45, 2.75) is 13.3 Å². The average molecular weight is 256 g/mol. The molecule has 0 saturated carbocycles. The Morgan fingerprint density at radius 2 is 1.84 bits per heavy atom. The van der Waals surface area contributed by atoms with Crippen LogP contribution in [0.1, 0.15) is 18.1 Å². The Bertz CT molecular complexity index is 561. The monoisotopic (exact) mass is 256 g/mol. The fraction of sp³-hybridized carbons (Fsp3) is 0.188. The molecule has 0 N–H and O–H groups in total. The maximum atomic E-state index is 11.2. The summed E-state index contributed by atoms with van der Waals surface area (Å²) in [5.74, 6) is 0.895. The summed E-state index contributed by atoms with van der Waals surface area (Å²) in [7, 11) is 1.59. The number of hydrogen-bond donors (Lipinski definition) is 0. The Hall–Kier alpha value is -2.29. The highest BCUT2D eigenvalue weighted by Gasteiger charge is 2.09. The van der Waals surface area contributed by atoms with E-state index in [9.17, 15) is 4.79 Å². The first-order valence-corrected chi connectivity index (χ1v) is 6.08. The summed E-state index contributed by atoms with van der Waals surface area (Å²) < 4.78 is 10.4. The van der Waals surface area contributed by atoms with Crippen molar-refractivity contribution < 1.29 is 14.3 Å². The molecule has 0 amide bonds. The zero-order chi connectivity index (χ0) is 13.7. The third-order valence-corrected chi connectivity index (χ3v) is 2.77. The van der Waals surface area contributed by atoms with Gasteiger partial charge in [0.25, 0.3) is 0 Å². The Labute approximate surface area is 112 Å². The maximum absolute atomic E-state index is 11.2. The largest absolute Gasteiger partial charge is 0.497 e. The van der Waals surface area contributed by atoms with Crippen molar-refractivity contribution in [3.05, 3.63) is 59.7 Å². The normalized spacial score (nSPS) is 10.0. The molecule has 0 aliphatic rings. The van der Waals surface area contributed by atoms with E-state index < -0.39 is 0 Å². The molecular weight excluding hydrogens is 240 g/mol. The van der Waals surface area contributed by atoms with Gasteiger partial charge in [0, 0.05) is 19.4 Å². The van der Waals surface area contributed by atoms with Gasteiger partial charge in [-0.15, -0.1) is 0 Å². The Morgan fingerprint density at radius 1 is 1.11 bits per heavy atom. The number of hydrogen-bond acceptors (Lipinski definition) is 3. The van der Waals surface area contributed by atoms with Gasteiger partial charge in [-0.2, -0.15) is 0 Å². The molecule has 19 heavy (non-hydrogen) atoms. The number of methoxy groups -OCH3 is 1. The van der Waals surface area contributed by atoms with Crippen molar-refractivity contribution in [1.29, 1.82) is 0 Å². The first-order valence-electron chi connectivity index (χ1n) is 6.08.